The molecule has 0 nitrogen and oxygen atoms in total. The van der Waals surface area contributed by atoms with Crippen LogP contribution in [0.5, 0.6) is 0 Å². The maximum atomic E-state index is 2.62. The van der Waals surface area contributed by atoms with Crippen molar-refractivity contribution >= 4 is 0 Å². The molecule has 0 bridgehead atoms. The fourth-order valence-electron chi connectivity index (χ4n) is 0.541. The van der Waals surface area contributed by atoms with Crippen molar-refractivity contribution in [3.63, 3.8) is 0 Å². The molecule has 3 aromatic rings. The Morgan fingerprint density at radius 3 is 0.625 bits per heavy atom. The normalized spacial score (nSPS) is 7.50. The van der Waals surface area contributed by atoms with Gasteiger partial charge in [-0.05, 0) is 0 Å². The van der Waals surface area contributed by atoms with E-state index in [0.717, 1.165) is 0 Å². The van der Waals surface area contributed by atoms with Gasteiger partial charge in [-0.1, -0.05) is 0 Å². The zero-order valence-electron chi connectivity index (χ0n) is 8.31. The molecule has 0 aliphatic heterocycles. The molecule has 3 rings (SSSR count). The summed E-state index contributed by atoms with van der Waals surface area (Å²) in [7, 11) is 0. The van der Waals surface area contributed by atoms with Crippen molar-refractivity contribution in [3.8, 4) is 0 Å². The Hall–Kier alpha value is -0.586. The fraction of sp³-hybridized carbons (Fsp3) is 0. The standard InChI is InChI=1S/3C5H.Pr/c3*1-2-4-5-3-1;/h3*1H;/q3*-5;+3. The average Bonchev–Trinajstić information content (AvgIpc) is 3.09. The zero-order valence-corrected chi connectivity index (χ0v) is 12.0. The quantitative estimate of drug-likeness (QED) is 0.554. The van der Waals surface area contributed by atoms with Crippen LogP contribution in [0.2, 0.25) is 0 Å². The number of hydrogen-bond donors (Lipinski definition) is 0. The van der Waals surface area contributed by atoms with E-state index in [2.05, 4.69) is 72.8 Å². The maximum absolute atomic E-state index is 2.62. The van der Waals surface area contributed by atoms with Gasteiger partial charge in [0.15, 0.2) is 0 Å². The van der Waals surface area contributed by atoms with Crippen LogP contribution in [0.4, 0.5) is 0 Å². The molecule has 0 saturated carbocycles. The first kappa shape index (κ1) is 15.4. The van der Waals surface area contributed by atoms with Crippen LogP contribution >= 0.6 is 0 Å². The molecule has 0 N–H and O–H groups in total. The van der Waals surface area contributed by atoms with Crippen molar-refractivity contribution < 1.29 is 41.3 Å². The second kappa shape index (κ2) is 12.5. The summed E-state index contributed by atoms with van der Waals surface area (Å²) in [5.74, 6) is 0. The molecule has 0 unspecified atom stereocenters. The molecule has 0 fully saturated rings. The molecule has 0 aliphatic carbocycles. The van der Waals surface area contributed by atoms with Gasteiger partial charge < -0.3 is 91.0 Å². The minimum absolute atomic E-state index is 0. The summed E-state index contributed by atoms with van der Waals surface area (Å²) < 4.78 is 0. The van der Waals surface area contributed by atoms with E-state index in [9.17, 15) is 0 Å². The summed E-state index contributed by atoms with van der Waals surface area (Å²) >= 11 is 0. The van der Waals surface area contributed by atoms with Gasteiger partial charge in [0.05, 0.1) is 0 Å². The molecule has 1 heteroatoms. The van der Waals surface area contributed by atoms with Crippen LogP contribution in [0.15, 0.2) is 18.2 Å². The Labute approximate surface area is 131 Å². The van der Waals surface area contributed by atoms with Crippen LogP contribution in [0.1, 0.15) is 0 Å². The molecule has 0 aromatic heterocycles. The van der Waals surface area contributed by atoms with Gasteiger partial charge in [0, 0.05) is 0 Å². The van der Waals surface area contributed by atoms with Gasteiger partial charge in [-0.2, -0.15) is 0 Å². The molecule has 78 valence electrons. The Kier molecular flexibility index (Phi) is 12.0. The summed E-state index contributed by atoms with van der Waals surface area (Å²) in [5, 5.41) is 0. The minimum atomic E-state index is 0. The third-order valence-electron chi connectivity index (χ3n) is 1.05. The van der Waals surface area contributed by atoms with Gasteiger partial charge in [-0.15, -0.1) is 0 Å². The maximum Gasteiger partial charge on any atom is 3.00 e. The Balaban J connectivity index is 0.000000205. The van der Waals surface area contributed by atoms with E-state index < -0.39 is 0 Å². The largest absolute Gasteiger partial charge is 3.00 e. The van der Waals surface area contributed by atoms with Crippen LogP contribution in [0.3, 0.4) is 0 Å². The Morgan fingerprint density at radius 2 is 0.562 bits per heavy atom. The molecule has 0 amide bonds. The van der Waals surface area contributed by atoms with Gasteiger partial charge in [-0.3, -0.25) is 0 Å². The van der Waals surface area contributed by atoms with Crippen molar-refractivity contribution in [2.24, 2.45) is 0 Å². The van der Waals surface area contributed by atoms with Gasteiger partial charge in [0.2, 0.25) is 0 Å². The van der Waals surface area contributed by atoms with Gasteiger partial charge in [-0.25, -0.2) is 0 Å². The third kappa shape index (κ3) is 9.95. The fourth-order valence-corrected chi connectivity index (χ4v) is 0.541. The number of hydrogen-bond acceptors (Lipinski definition) is 0. The van der Waals surface area contributed by atoms with Crippen molar-refractivity contribution in [3.05, 3.63) is 91.0 Å². The van der Waals surface area contributed by atoms with E-state index in [1.165, 1.54) is 0 Å². The smallest absolute Gasteiger partial charge is 0.999 e. The van der Waals surface area contributed by atoms with E-state index in [4.69, 9.17) is 0 Å². The summed E-state index contributed by atoms with van der Waals surface area (Å²) in [6, 6.07) is 36.0. The van der Waals surface area contributed by atoms with E-state index in [1.807, 2.05) is 0 Å². The monoisotopic (exact) mass is 324 g/mol. The number of rotatable bonds is 0. The van der Waals surface area contributed by atoms with Crippen LogP contribution in [-0.2, 0) is 0 Å². The first-order chi connectivity index (χ1) is 7.50. The topological polar surface area (TPSA) is 0 Å². The molecule has 0 aliphatic rings. The zero-order chi connectivity index (χ0) is 10.6. The van der Waals surface area contributed by atoms with E-state index in [-0.39, 0.29) is 41.3 Å². The predicted molar refractivity (Wildman–Crippen MR) is 52.1 cm³/mol. The first-order valence-corrected chi connectivity index (χ1v) is 3.98. The molecular weight excluding hydrogens is 321 g/mol. The van der Waals surface area contributed by atoms with Crippen molar-refractivity contribution in [1.82, 2.24) is 0 Å². The molecule has 3 aromatic carbocycles. The molecule has 16 heavy (non-hydrogen) atoms. The van der Waals surface area contributed by atoms with Crippen LogP contribution < -0.4 is 0 Å². The van der Waals surface area contributed by atoms with Gasteiger partial charge in [0.1, 0.15) is 0 Å². The first-order valence-electron chi connectivity index (χ1n) is 3.98. The van der Waals surface area contributed by atoms with Crippen LogP contribution in [-0.4, -0.2) is 0 Å². The van der Waals surface area contributed by atoms with Gasteiger partial charge >= 0.3 is 41.3 Å². The average molecular weight is 324 g/mol. The summed E-state index contributed by atoms with van der Waals surface area (Å²) in [6.07, 6.45) is 0. The minimum Gasteiger partial charge on any atom is -0.999 e. The Morgan fingerprint density at radius 1 is 0.375 bits per heavy atom. The molecule has 0 radical (unpaired) electrons. The molecule has 0 saturated heterocycles. The summed E-state index contributed by atoms with van der Waals surface area (Å²) in [5.41, 5.74) is 0. The Bertz CT molecular complexity index is 237. The van der Waals surface area contributed by atoms with Crippen LogP contribution in [0, 0.1) is 114 Å². The van der Waals surface area contributed by atoms with E-state index in [0.29, 0.717) is 0 Å². The van der Waals surface area contributed by atoms with Crippen molar-refractivity contribution in [1.29, 1.82) is 0 Å². The second-order valence-electron chi connectivity index (χ2n) is 2.05. The van der Waals surface area contributed by atoms with E-state index in [1.54, 1.807) is 18.2 Å². The molecule has 0 atom stereocenters. The summed E-state index contributed by atoms with van der Waals surface area (Å²) in [4.78, 5) is 0. The van der Waals surface area contributed by atoms with Crippen LogP contribution in [0.25, 0.3) is 0 Å². The summed E-state index contributed by atoms with van der Waals surface area (Å²) in [6.45, 7) is 0. The molecular formula is C15H3Pr-12. The van der Waals surface area contributed by atoms with Gasteiger partial charge in [0.25, 0.3) is 0 Å². The van der Waals surface area contributed by atoms with E-state index >= 15 is 0 Å². The second-order valence-corrected chi connectivity index (χ2v) is 2.05. The van der Waals surface area contributed by atoms with Crippen molar-refractivity contribution in [2.45, 2.75) is 0 Å². The predicted octanol–water partition coefficient (Wildman–Crippen LogP) is 1.82. The molecule has 0 heterocycles. The van der Waals surface area contributed by atoms with Crippen molar-refractivity contribution in [2.75, 3.05) is 0 Å². The third-order valence-corrected chi connectivity index (χ3v) is 1.05. The molecule has 0 spiro atoms. The SMILES string of the molecule is [Pr+3].[c-]1[c-][c-][cH-][c-]1.[c-]1[c-][c-][cH-][c-]1.[c-]1[c-][c-][cH-][c-]1.